The van der Waals surface area contributed by atoms with Gasteiger partial charge in [-0.3, -0.25) is 4.79 Å². The summed E-state index contributed by atoms with van der Waals surface area (Å²) in [6.45, 7) is 2.16. The predicted molar refractivity (Wildman–Crippen MR) is 74.8 cm³/mol. The molecular weight excluding hydrogens is 240 g/mol. The first-order valence-electron chi connectivity index (χ1n) is 7.64. The first kappa shape index (κ1) is 14.7. The van der Waals surface area contributed by atoms with Crippen molar-refractivity contribution in [2.45, 2.75) is 64.3 Å². The number of ketones is 1. The second kappa shape index (κ2) is 7.20. The summed E-state index contributed by atoms with van der Waals surface area (Å²) in [5, 5.41) is 0. The van der Waals surface area contributed by atoms with Crippen molar-refractivity contribution < 1.29 is 14.3 Å². The van der Waals surface area contributed by atoms with E-state index in [4.69, 9.17) is 9.47 Å². The smallest absolute Gasteiger partial charge is 0.157 e. The maximum absolute atomic E-state index is 11.7. The lowest BCUT2D eigenvalue weighted by molar-refractivity contribution is -0.115. The Morgan fingerprint density at radius 2 is 2.21 bits per heavy atom. The Morgan fingerprint density at radius 3 is 2.95 bits per heavy atom. The van der Waals surface area contributed by atoms with Gasteiger partial charge in [0, 0.05) is 20.0 Å². The number of methoxy groups -OCH3 is 1. The average molecular weight is 266 g/mol. The third-order valence-corrected chi connectivity index (χ3v) is 4.42. The van der Waals surface area contributed by atoms with Crippen molar-refractivity contribution in [3.05, 3.63) is 12.2 Å². The van der Waals surface area contributed by atoms with E-state index < -0.39 is 0 Å². The molecule has 19 heavy (non-hydrogen) atoms. The molecular formula is C16H26O3. The second-order valence-electron chi connectivity index (χ2n) is 5.76. The monoisotopic (exact) mass is 266 g/mol. The van der Waals surface area contributed by atoms with Crippen molar-refractivity contribution in [2.75, 3.05) is 7.11 Å². The van der Waals surface area contributed by atoms with Gasteiger partial charge in [0.25, 0.3) is 0 Å². The van der Waals surface area contributed by atoms with Crippen LogP contribution in [0.4, 0.5) is 0 Å². The van der Waals surface area contributed by atoms with Crippen molar-refractivity contribution in [1.29, 1.82) is 0 Å². The van der Waals surface area contributed by atoms with E-state index >= 15 is 0 Å². The maximum atomic E-state index is 11.7. The van der Waals surface area contributed by atoms with Crippen LogP contribution >= 0.6 is 0 Å². The molecule has 3 heteroatoms. The topological polar surface area (TPSA) is 35.5 Å². The van der Waals surface area contributed by atoms with Gasteiger partial charge in [-0.15, -0.1) is 0 Å². The molecule has 4 unspecified atom stereocenters. The van der Waals surface area contributed by atoms with Crippen LogP contribution in [0.15, 0.2) is 12.2 Å². The number of carbonyl (C=O) groups excluding carboxylic acids is 1. The van der Waals surface area contributed by atoms with Crippen LogP contribution in [0, 0.1) is 11.8 Å². The molecule has 0 aromatic rings. The summed E-state index contributed by atoms with van der Waals surface area (Å²) in [4.78, 5) is 11.7. The van der Waals surface area contributed by atoms with Crippen molar-refractivity contribution in [3.8, 4) is 0 Å². The molecule has 3 nitrogen and oxygen atoms in total. The molecule has 108 valence electrons. The molecule has 0 bridgehead atoms. The van der Waals surface area contributed by atoms with Crippen molar-refractivity contribution in [1.82, 2.24) is 0 Å². The molecule has 0 aromatic carbocycles. The third-order valence-electron chi connectivity index (χ3n) is 4.42. The molecule has 4 atom stereocenters. The van der Waals surface area contributed by atoms with Gasteiger partial charge in [-0.05, 0) is 37.2 Å². The van der Waals surface area contributed by atoms with E-state index in [2.05, 4.69) is 13.0 Å². The highest BCUT2D eigenvalue weighted by Gasteiger charge is 2.43. The molecule has 2 rings (SSSR count). The van der Waals surface area contributed by atoms with E-state index in [9.17, 15) is 4.79 Å². The molecule has 0 N–H and O–H groups in total. The number of fused-ring (bicyclic) bond motifs is 1. The molecule has 1 saturated heterocycles. The summed E-state index contributed by atoms with van der Waals surface area (Å²) in [5.41, 5.74) is 0. The fourth-order valence-corrected chi connectivity index (χ4v) is 3.28. The Hall–Kier alpha value is -0.670. The van der Waals surface area contributed by atoms with E-state index in [0.717, 1.165) is 32.1 Å². The number of allylic oxidation sites excluding steroid dienone is 2. The van der Waals surface area contributed by atoms with Crippen LogP contribution in [0.3, 0.4) is 0 Å². The highest BCUT2D eigenvalue weighted by Crippen LogP contribution is 2.43. The van der Waals surface area contributed by atoms with Gasteiger partial charge in [0.1, 0.15) is 0 Å². The van der Waals surface area contributed by atoms with E-state index in [1.165, 1.54) is 6.42 Å². The van der Waals surface area contributed by atoms with E-state index in [1.54, 1.807) is 7.11 Å². The van der Waals surface area contributed by atoms with Gasteiger partial charge < -0.3 is 9.47 Å². The van der Waals surface area contributed by atoms with Crippen LogP contribution in [0.1, 0.15) is 51.9 Å². The highest BCUT2D eigenvalue weighted by molar-refractivity contribution is 5.89. The van der Waals surface area contributed by atoms with Crippen molar-refractivity contribution in [3.63, 3.8) is 0 Å². The number of unbranched alkanes of at least 4 members (excludes halogenated alkanes) is 2. The van der Waals surface area contributed by atoms with Gasteiger partial charge in [0.2, 0.25) is 0 Å². The third kappa shape index (κ3) is 3.90. The Kier molecular flexibility index (Phi) is 5.59. The van der Waals surface area contributed by atoms with Crippen LogP contribution in [-0.4, -0.2) is 25.3 Å². The summed E-state index contributed by atoms with van der Waals surface area (Å²) >= 11 is 0. The summed E-state index contributed by atoms with van der Waals surface area (Å²) in [6, 6.07) is 0. The lowest BCUT2D eigenvalue weighted by Crippen LogP contribution is -2.12. The Balaban J connectivity index is 1.78. The summed E-state index contributed by atoms with van der Waals surface area (Å²) in [5.74, 6) is 1.32. The van der Waals surface area contributed by atoms with Gasteiger partial charge in [-0.2, -0.15) is 0 Å². The Morgan fingerprint density at radius 1 is 1.37 bits per heavy atom. The fraction of sp³-hybridized carbons (Fsp3) is 0.812. The van der Waals surface area contributed by atoms with Crippen LogP contribution < -0.4 is 0 Å². The van der Waals surface area contributed by atoms with Gasteiger partial charge in [0.05, 0.1) is 6.10 Å². The molecule has 0 aromatic heterocycles. The SMILES string of the molecule is CCCCCC(=O)C=CC1CCC2OC(OC)CC12. The van der Waals surface area contributed by atoms with Crippen LogP contribution in [-0.2, 0) is 14.3 Å². The van der Waals surface area contributed by atoms with Gasteiger partial charge in [0.15, 0.2) is 12.1 Å². The van der Waals surface area contributed by atoms with Crippen LogP contribution in [0.25, 0.3) is 0 Å². The molecule has 1 saturated carbocycles. The molecule has 1 aliphatic carbocycles. The summed E-state index contributed by atoms with van der Waals surface area (Å²) < 4.78 is 11.1. The number of rotatable bonds is 7. The van der Waals surface area contributed by atoms with Crippen molar-refractivity contribution >= 4 is 5.78 Å². The lowest BCUT2D eigenvalue weighted by atomic mass is 9.92. The standard InChI is InChI=1S/C16H26O3/c1-3-4-5-6-13(17)9-7-12-8-10-15-14(12)11-16(18-2)19-15/h7,9,12,14-16H,3-6,8,10-11H2,1-2H3. The Bertz CT molecular complexity index is 324. The molecule has 0 radical (unpaired) electrons. The lowest BCUT2D eigenvalue weighted by Gasteiger charge is -2.12. The zero-order valence-corrected chi connectivity index (χ0v) is 12.1. The molecule has 1 aliphatic heterocycles. The van der Waals surface area contributed by atoms with Crippen molar-refractivity contribution in [2.24, 2.45) is 11.8 Å². The summed E-state index contributed by atoms with van der Waals surface area (Å²) in [7, 11) is 1.70. The van der Waals surface area contributed by atoms with Gasteiger partial charge >= 0.3 is 0 Å². The predicted octanol–water partition coefficient (Wildman–Crippen LogP) is 3.48. The first-order valence-corrected chi connectivity index (χ1v) is 7.64. The number of hydrogen-bond donors (Lipinski definition) is 0. The van der Waals surface area contributed by atoms with E-state index in [-0.39, 0.29) is 12.1 Å². The molecule has 1 heterocycles. The number of carbonyl (C=O) groups is 1. The molecule has 0 amide bonds. The normalized spacial score (nSPS) is 34.0. The van der Waals surface area contributed by atoms with E-state index in [1.807, 2.05) is 6.08 Å². The molecule has 2 fully saturated rings. The molecule has 2 aliphatic rings. The number of ether oxygens (including phenoxy) is 2. The minimum atomic E-state index is -0.0357. The second-order valence-corrected chi connectivity index (χ2v) is 5.76. The first-order chi connectivity index (χ1) is 9.24. The zero-order chi connectivity index (χ0) is 13.7. The average Bonchev–Trinajstić information content (AvgIpc) is 2.96. The van der Waals surface area contributed by atoms with Crippen LogP contribution in [0.2, 0.25) is 0 Å². The Labute approximate surface area is 116 Å². The highest BCUT2D eigenvalue weighted by atomic mass is 16.7. The van der Waals surface area contributed by atoms with Crippen LogP contribution in [0.5, 0.6) is 0 Å². The fourth-order valence-electron chi connectivity index (χ4n) is 3.28. The minimum Gasteiger partial charge on any atom is -0.356 e. The maximum Gasteiger partial charge on any atom is 0.157 e. The zero-order valence-electron chi connectivity index (χ0n) is 12.1. The van der Waals surface area contributed by atoms with E-state index in [0.29, 0.717) is 24.4 Å². The quantitative estimate of drug-likeness (QED) is 0.523. The molecule has 0 spiro atoms. The van der Waals surface area contributed by atoms with Gasteiger partial charge in [-0.1, -0.05) is 25.8 Å². The number of hydrogen-bond acceptors (Lipinski definition) is 3. The minimum absolute atomic E-state index is 0.0357. The largest absolute Gasteiger partial charge is 0.356 e. The summed E-state index contributed by atoms with van der Waals surface area (Å²) in [6.07, 6.45) is 11.5. The van der Waals surface area contributed by atoms with Gasteiger partial charge in [-0.25, -0.2) is 0 Å².